The lowest BCUT2D eigenvalue weighted by molar-refractivity contribution is -0.120. The summed E-state index contributed by atoms with van der Waals surface area (Å²) in [5.41, 5.74) is 0.800. The highest BCUT2D eigenvalue weighted by molar-refractivity contribution is 5.94. The van der Waals surface area contributed by atoms with Gasteiger partial charge in [-0.15, -0.1) is 0 Å². The highest BCUT2D eigenvalue weighted by Crippen LogP contribution is 2.31. The van der Waals surface area contributed by atoms with E-state index in [-0.39, 0.29) is 18.1 Å². The lowest BCUT2D eigenvalue weighted by Crippen LogP contribution is -2.46. The topological polar surface area (TPSA) is 50.8 Å². The summed E-state index contributed by atoms with van der Waals surface area (Å²) < 4.78 is 11.7. The van der Waals surface area contributed by atoms with Crippen LogP contribution in [0.25, 0.3) is 0 Å². The van der Waals surface area contributed by atoms with Crippen LogP contribution in [0.3, 0.4) is 0 Å². The molecule has 24 heavy (non-hydrogen) atoms. The number of nitrogens with zero attached hydrogens (tertiary/aromatic N) is 1. The molecule has 0 saturated carbocycles. The molecule has 1 aliphatic heterocycles. The van der Waals surface area contributed by atoms with E-state index >= 15 is 0 Å². The molecule has 0 aromatic heterocycles. The van der Waals surface area contributed by atoms with Gasteiger partial charge in [-0.3, -0.25) is 9.69 Å². The van der Waals surface area contributed by atoms with Gasteiger partial charge in [0.2, 0.25) is 5.91 Å². The SMILES string of the molecule is C[C@@H](C(=O)Nc1ccccc1)N(C)C[C@@H]1COc2ccccc2O1. The Hall–Kier alpha value is -2.53. The number of hydrogen-bond donors (Lipinski definition) is 1. The summed E-state index contributed by atoms with van der Waals surface area (Å²) in [6.07, 6.45) is -0.100. The molecule has 2 atom stereocenters. The number of rotatable bonds is 5. The van der Waals surface area contributed by atoms with Crippen LogP contribution in [0, 0.1) is 0 Å². The van der Waals surface area contributed by atoms with Gasteiger partial charge in [-0.25, -0.2) is 0 Å². The van der Waals surface area contributed by atoms with Crippen molar-refractivity contribution in [3.63, 3.8) is 0 Å². The Balaban J connectivity index is 1.55. The second-order valence-corrected chi connectivity index (χ2v) is 5.97. The van der Waals surface area contributed by atoms with Gasteiger partial charge in [-0.1, -0.05) is 30.3 Å². The number of amides is 1. The lowest BCUT2D eigenvalue weighted by Gasteiger charge is -2.31. The average Bonchev–Trinajstić information content (AvgIpc) is 2.61. The minimum atomic E-state index is -0.272. The van der Waals surface area contributed by atoms with Crippen LogP contribution < -0.4 is 14.8 Å². The predicted octanol–water partition coefficient (Wildman–Crippen LogP) is 2.79. The van der Waals surface area contributed by atoms with Crippen LogP contribution in [-0.4, -0.2) is 43.2 Å². The van der Waals surface area contributed by atoms with Crippen LogP contribution in [0.1, 0.15) is 6.92 Å². The third-order valence-corrected chi connectivity index (χ3v) is 4.14. The van der Waals surface area contributed by atoms with E-state index in [1.54, 1.807) is 0 Å². The number of fused-ring (bicyclic) bond motifs is 1. The smallest absolute Gasteiger partial charge is 0.241 e. The summed E-state index contributed by atoms with van der Waals surface area (Å²) in [5.74, 6) is 1.48. The second kappa shape index (κ2) is 7.36. The largest absolute Gasteiger partial charge is 0.486 e. The van der Waals surface area contributed by atoms with Gasteiger partial charge < -0.3 is 14.8 Å². The summed E-state index contributed by atoms with van der Waals surface area (Å²) in [5, 5.41) is 2.92. The monoisotopic (exact) mass is 326 g/mol. The van der Waals surface area contributed by atoms with Crippen molar-refractivity contribution < 1.29 is 14.3 Å². The minimum Gasteiger partial charge on any atom is -0.486 e. The van der Waals surface area contributed by atoms with Gasteiger partial charge in [0.25, 0.3) is 0 Å². The third kappa shape index (κ3) is 3.86. The van der Waals surface area contributed by atoms with Crippen molar-refractivity contribution in [2.24, 2.45) is 0 Å². The van der Waals surface area contributed by atoms with E-state index in [2.05, 4.69) is 5.32 Å². The molecule has 2 aromatic rings. The van der Waals surface area contributed by atoms with E-state index in [9.17, 15) is 4.79 Å². The molecule has 5 heteroatoms. The first-order chi connectivity index (χ1) is 11.6. The zero-order valence-corrected chi connectivity index (χ0v) is 13.9. The molecule has 0 spiro atoms. The minimum absolute atomic E-state index is 0.0409. The quantitative estimate of drug-likeness (QED) is 0.918. The van der Waals surface area contributed by atoms with Crippen molar-refractivity contribution in [1.29, 1.82) is 0 Å². The zero-order valence-electron chi connectivity index (χ0n) is 13.9. The van der Waals surface area contributed by atoms with Crippen molar-refractivity contribution in [3.8, 4) is 11.5 Å². The maximum Gasteiger partial charge on any atom is 0.241 e. The van der Waals surface area contributed by atoms with Crippen molar-refractivity contribution in [3.05, 3.63) is 54.6 Å². The second-order valence-electron chi connectivity index (χ2n) is 5.97. The fourth-order valence-corrected chi connectivity index (χ4v) is 2.60. The Morgan fingerprint density at radius 2 is 1.83 bits per heavy atom. The molecule has 5 nitrogen and oxygen atoms in total. The van der Waals surface area contributed by atoms with Crippen molar-refractivity contribution in [1.82, 2.24) is 4.90 Å². The first-order valence-electron chi connectivity index (χ1n) is 8.08. The molecular formula is C19H22N2O3. The van der Waals surface area contributed by atoms with E-state index in [0.29, 0.717) is 13.2 Å². The molecule has 0 unspecified atom stereocenters. The molecule has 126 valence electrons. The summed E-state index contributed by atoms with van der Waals surface area (Å²) in [6.45, 7) is 2.97. The summed E-state index contributed by atoms with van der Waals surface area (Å²) in [7, 11) is 1.92. The van der Waals surface area contributed by atoms with Crippen molar-refractivity contribution in [2.45, 2.75) is 19.1 Å². The van der Waals surface area contributed by atoms with Gasteiger partial charge in [0.05, 0.1) is 6.04 Å². The van der Waals surface area contributed by atoms with E-state index < -0.39 is 0 Å². The fraction of sp³-hybridized carbons (Fsp3) is 0.316. The highest BCUT2D eigenvalue weighted by Gasteiger charge is 2.26. The molecule has 0 aliphatic carbocycles. The van der Waals surface area contributed by atoms with Gasteiger partial charge >= 0.3 is 0 Å². The number of anilines is 1. The van der Waals surface area contributed by atoms with Crippen LogP contribution in [0.15, 0.2) is 54.6 Å². The van der Waals surface area contributed by atoms with Crippen LogP contribution >= 0.6 is 0 Å². The number of benzene rings is 2. The predicted molar refractivity (Wildman–Crippen MR) is 93.5 cm³/mol. The zero-order chi connectivity index (χ0) is 16.9. The lowest BCUT2D eigenvalue weighted by atomic mass is 10.2. The Bertz CT molecular complexity index is 690. The van der Waals surface area contributed by atoms with Gasteiger partial charge in [0, 0.05) is 12.2 Å². The summed E-state index contributed by atoms with van der Waals surface area (Å²) in [4.78, 5) is 14.3. The normalized spacial score (nSPS) is 17.4. The van der Waals surface area contributed by atoms with Gasteiger partial charge in [-0.05, 0) is 38.2 Å². The molecule has 3 rings (SSSR count). The maximum absolute atomic E-state index is 12.4. The van der Waals surface area contributed by atoms with Gasteiger partial charge in [-0.2, -0.15) is 0 Å². The number of carbonyl (C=O) groups is 1. The molecule has 0 saturated heterocycles. The molecule has 2 aromatic carbocycles. The fourth-order valence-electron chi connectivity index (χ4n) is 2.60. The molecule has 1 aliphatic rings. The van der Waals surface area contributed by atoms with Gasteiger partial charge in [0.15, 0.2) is 11.5 Å². The Labute approximate surface area is 142 Å². The van der Waals surface area contributed by atoms with Crippen LogP contribution in [0.4, 0.5) is 5.69 Å². The van der Waals surface area contributed by atoms with Crippen LogP contribution in [-0.2, 0) is 4.79 Å². The first-order valence-corrected chi connectivity index (χ1v) is 8.08. The molecular weight excluding hydrogens is 304 g/mol. The highest BCUT2D eigenvalue weighted by atomic mass is 16.6. The molecule has 1 heterocycles. The van der Waals surface area contributed by atoms with Crippen molar-refractivity contribution in [2.75, 3.05) is 25.5 Å². The van der Waals surface area contributed by atoms with Crippen molar-refractivity contribution >= 4 is 11.6 Å². The Morgan fingerprint density at radius 3 is 2.58 bits per heavy atom. The van der Waals surface area contributed by atoms with E-state index in [4.69, 9.17) is 9.47 Å². The molecule has 0 fully saturated rings. The third-order valence-electron chi connectivity index (χ3n) is 4.14. The number of ether oxygens (including phenoxy) is 2. The van der Waals surface area contributed by atoms with Gasteiger partial charge in [0.1, 0.15) is 12.7 Å². The number of nitrogens with one attached hydrogen (secondary N) is 1. The molecule has 0 bridgehead atoms. The van der Waals surface area contributed by atoms with Crippen LogP contribution in [0.2, 0.25) is 0 Å². The standard InChI is InChI=1S/C19H22N2O3/c1-14(19(22)20-15-8-4-3-5-9-15)21(2)12-16-13-23-17-10-6-7-11-18(17)24-16/h3-11,14,16H,12-13H2,1-2H3,(H,20,22)/t14-,16+/m0/s1. The van der Waals surface area contributed by atoms with E-state index in [1.165, 1.54) is 0 Å². The first kappa shape index (κ1) is 16.3. The number of carbonyl (C=O) groups excluding carboxylic acids is 1. The molecule has 1 N–H and O–H groups in total. The Kier molecular flexibility index (Phi) is 5.01. The van der Waals surface area contributed by atoms with Crippen LogP contribution in [0.5, 0.6) is 11.5 Å². The number of likely N-dealkylation sites (N-methyl/N-ethyl adjacent to an activating group) is 1. The average molecular weight is 326 g/mol. The maximum atomic E-state index is 12.4. The number of hydrogen-bond acceptors (Lipinski definition) is 4. The molecule has 1 amide bonds. The van der Waals surface area contributed by atoms with E-state index in [1.807, 2.05) is 73.5 Å². The Morgan fingerprint density at radius 1 is 1.17 bits per heavy atom. The molecule has 0 radical (unpaired) electrons. The summed E-state index contributed by atoms with van der Waals surface area (Å²) in [6, 6.07) is 16.8. The van der Waals surface area contributed by atoms with E-state index in [0.717, 1.165) is 17.2 Å². The number of para-hydroxylation sites is 3. The summed E-state index contributed by atoms with van der Waals surface area (Å²) >= 11 is 0.